The van der Waals surface area contributed by atoms with Crippen LogP contribution in [-0.2, 0) is 32.5 Å². The van der Waals surface area contributed by atoms with Crippen LogP contribution in [0.2, 0.25) is 0 Å². The fourth-order valence-electron chi connectivity index (χ4n) is 3.06. The number of fused-ring (bicyclic) bond motifs is 1. The molecule has 5 nitrogen and oxygen atoms in total. The molecule has 2 aromatic rings. The molecule has 5 heteroatoms. The summed E-state index contributed by atoms with van der Waals surface area (Å²) in [5.74, 6) is 0. The first kappa shape index (κ1) is 14.1. The van der Waals surface area contributed by atoms with Crippen molar-refractivity contribution in [2.24, 2.45) is 0 Å². The quantitative estimate of drug-likeness (QED) is 0.828. The molecule has 0 aromatic carbocycles. The first-order chi connectivity index (χ1) is 10.2. The van der Waals surface area contributed by atoms with E-state index in [1.165, 1.54) is 35.4 Å². The van der Waals surface area contributed by atoms with Crippen molar-refractivity contribution in [2.45, 2.75) is 45.8 Å². The number of nitrogens with one attached hydrogen (secondary N) is 1. The van der Waals surface area contributed by atoms with Gasteiger partial charge in [0, 0.05) is 30.5 Å². The van der Waals surface area contributed by atoms with Gasteiger partial charge in [-0.15, -0.1) is 6.58 Å². The van der Waals surface area contributed by atoms with Gasteiger partial charge in [0.1, 0.15) is 0 Å². The van der Waals surface area contributed by atoms with Gasteiger partial charge in [-0.2, -0.15) is 10.2 Å². The Morgan fingerprint density at radius 1 is 1.43 bits per heavy atom. The van der Waals surface area contributed by atoms with E-state index in [1.807, 2.05) is 10.8 Å². The zero-order valence-corrected chi connectivity index (χ0v) is 12.9. The van der Waals surface area contributed by atoms with Crippen LogP contribution in [0.1, 0.15) is 34.6 Å². The van der Waals surface area contributed by atoms with Crippen molar-refractivity contribution < 1.29 is 0 Å². The summed E-state index contributed by atoms with van der Waals surface area (Å²) in [4.78, 5) is 2.30. The number of hydrogen-bond donors (Lipinski definition) is 1. The molecule has 3 rings (SSSR count). The van der Waals surface area contributed by atoms with E-state index < -0.39 is 0 Å². The molecule has 112 valence electrons. The Morgan fingerprint density at radius 2 is 2.29 bits per heavy atom. The molecule has 0 spiro atoms. The van der Waals surface area contributed by atoms with Crippen molar-refractivity contribution in [1.29, 1.82) is 0 Å². The first-order valence-electron chi connectivity index (χ1n) is 7.54. The average molecular weight is 285 g/mol. The zero-order chi connectivity index (χ0) is 14.8. The number of H-pyrrole nitrogens is 1. The highest BCUT2D eigenvalue weighted by Crippen LogP contribution is 2.23. The summed E-state index contributed by atoms with van der Waals surface area (Å²) in [6, 6.07) is 0. The fraction of sp³-hybridized carbons (Fsp3) is 0.500. The van der Waals surface area contributed by atoms with Crippen LogP contribution in [0.15, 0.2) is 18.9 Å². The molecule has 0 amide bonds. The molecule has 0 saturated heterocycles. The van der Waals surface area contributed by atoms with Gasteiger partial charge in [-0.05, 0) is 38.8 Å². The smallest absolute Gasteiger partial charge is 0.0797 e. The van der Waals surface area contributed by atoms with Crippen LogP contribution in [0.4, 0.5) is 0 Å². The molecular weight excluding hydrogens is 262 g/mol. The molecule has 0 saturated carbocycles. The van der Waals surface area contributed by atoms with Crippen LogP contribution in [0.3, 0.4) is 0 Å². The van der Waals surface area contributed by atoms with E-state index in [4.69, 9.17) is 0 Å². The van der Waals surface area contributed by atoms with Crippen molar-refractivity contribution in [3.05, 3.63) is 47.1 Å². The Kier molecular flexibility index (Phi) is 3.92. The van der Waals surface area contributed by atoms with E-state index in [0.29, 0.717) is 0 Å². The third-order valence-electron chi connectivity index (χ3n) is 4.12. The van der Waals surface area contributed by atoms with Crippen molar-refractivity contribution in [2.75, 3.05) is 7.05 Å². The molecule has 1 aliphatic rings. The Balaban J connectivity index is 1.66. The van der Waals surface area contributed by atoms with Crippen LogP contribution in [0.25, 0.3) is 0 Å². The van der Waals surface area contributed by atoms with Crippen LogP contribution in [0, 0.1) is 6.92 Å². The van der Waals surface area contributed by atoms with Crippen LogP contribution >= 0.6 is 0 Å². The van der Waals surface area contributed by atoms with Gasteiger partial charge in [0.25, 0.3) is 0 Å². The lowest BCUT2D eigenvalue weighted by Gasteiger charge is -2.15. The van der Waals surface area contributed by atoms with Gasteiger partial charge >= 0.3 is 0 Å². The summed E-state index contributed by atoms with van der Waals surface area (Å²) < 4.78 is 1.94. The molecular formula is C16H23N5. The number of hydrogen-bond acceptors (Lipinski definition) is 3. The molecule has 1 aliphatic carbocycles. The molecule has 2 heterocycles. The summed E-state index contributed by atoms with van der Waals surface area (Å²) in [5, 5.41) is 12.2. The van der Waals surface area contributed by atoms with Gasteiger partial charge in [0.15, 0.2) is 0 Å². The second-order valence-corrected chi connectivity index (χ2v) is 5.90. The van der Waals surface area contributed by atoms with E-state index >= 15 is 0 Å². The van der Waals surface area contributed by atoms with Gasteiger partial charge < -0.3 is 0 Å². The number of rotatable bonds is 6. The number of aryl methyl sites for hydroxylation is 2. The van der Waals surface area contributed by atoms with Gasteiger partial charge in [0.2, 0.25) is 0 Å². The molecule has 0 unspecified atom stereocenters. The van der Waals surface area contributed by atoms with Crippen LogP contribution in [0.5, 0.6) is 0 Å². The van der Waals surface area contributed by atoms with Crippen molar-refractivity contribution in [3.8, 4) is 0 Å². The predicted octanol–water partition coefficient (Wildman–Crippen LogP) is 2.22. The molecule has 0 fully saturated rings. The second kappa shape index (κ2) is 5.85. The lowest BCUT2D eigenvalue weighted by Crippen LogP contribution is -2.18. The summed E-state index contributed by atoms with van der Waals surface area (Å²) in [6.07, 6.45) is 7.56. The van der Waals surface area contributed by atoms with E-state index in [2.05, 4.69) is 46.9 Å². The van der Waals surface area contributed by atoms with Crippen molar-refractivity contribution in [3.63, 3.8) is 0 Å². The maximum absolute atomic E-state index is 4.51. The standard InChI is InChI=1S/C16H23N5/c1-4-8-21-10-13(12(2)19-21)9-20(3)11-16-14-6-5-7-15(14)17-18-16/h4,10H,1,5-9,11H2,2-3H3,(H,17,18). The normalized spacial score (nSPS) is 13.9. The van der Waals surface area contributed by atoms with E-state index in [1.54, 1.807) is 0 Å². The van der Waals surface area contributed by atoms with Gasteiger partial charge in [-0.3, -0.25) is 14.7 Å². The maximum atomic E-state index is 4.51. The zero-order valence-electron chi connectivity index (χ0n) is 12.9. The van der Waals surface area contributed by atoms with Crippen LogP contribution in [-0.4, -0.2) is 31.9 Å². The maximum Gasteiger partial charge on any atom is 0.0797 e. The van der Waals surface area contributed by atoms with Crippen molar-refractivity contribution >= 4 is 0 Å². The minimum Gasteiger partial charge on any atom is -0.296 e. The van der Waals surface area contributed by atoms with Crippen molar-refractivity contribution in [1.82, 2.24) is 24.9 Å². The van der Waals surface area contributed by atoms with Gasteiger partial charge in [0.05, 0.1) is 17.9 Å². The van der Waals surface area contributed by atoms with Crippen LogP contribution < -0.4 is 0 Å². The highest BCUT2D eigenvalue weighted by molar-refractivity contribution is 5.29. The monoisotopic (exact) mass is 285 g/mol. The van der Waals surface area contributed by atoms with E-state index in [9.17, 15) is 0 Å². The molecule has 2 aromatic heterocycles. The molecule has 0 bridgehead atoms. The number of nitrogens with zero attached hydrogens (tertiary/aromatic N) is 4. The summed E-state index contributed by atoms with van der Waals surface area (Å²) in [7, 11) is 2.14. The third kappa shape index (κ3) is 2.93. The Hall–Kier alpha value is -1.88. The minimum absolute atomic E-state index is 0.761. The third-order valence-corrected chi connectivity index (χ3v) is 4.12. The number of allylic oxidation sites excluding steroid dienone is 1. The molecule has 1 N–H and O–H groups in total. The predicted molar refractivity (Wildman–Crippen MR) is 82.9 cm³/mol. The summed E-state index contributed by atoms with van der Waals surface area (Å²) in [6.45, 7) is 8.36. The SMILES string of the molecule is C=CCn1cc(CN(C)Cc2n[nH]c3c2CCC3)c(C)n1. The summed E-state index contributed by atoms with van der Waals surface area (Å²) >= 11 is 0. The fourth-order valence-corrected chi connectivity index (χ4v) is 3.06. The number of aromatic amines is 1. The lowest BCUT2D eigenvalue weighted by atomic mass is 10.2. The summed E-state index contributed by atoms with van der Waals surface area (Å²) in [5.41, 5.74) is 6.36. The van der Waals surface area contributed by atoms with E-state index in [-0.39, 0.29) is 0 Å². The molecule has 0 aliphatic heterocycles. The topological polar surface area (TPSA) is 49.7 Å². The highest BCUT2D eigenvalue weighted by Gasteiger charge is 2.19. The Morgan fingerprint density at radius 3 is 3.10 bits per heavy atom. The second-order valence-electron chi connectivity index (χ2n) is 5.90. The number of aromatic nitrogens is 4. The molecule has 0 atom stereocenters. The minimum atomic E-state index is 0.761. The largest absolute Gasteiger partial charge is 0.296 e. The Bertz CT molecular complexity index is 637. The molecule has 0 radical (unpaired) electrons. The lowest BCUT2D eigenvalue weighted by molar-refractivity contribution is 0.313. The highest BCUT2D eigenvalue weighted by atomic mass is 15.3. The van der Waals surface area contributed by atoms with Gasteiger partial charge in [-0.25, -0.2) is 0 Å². The van der Waals surface area contributed by atoms with Gasteiger partial charge in [-0.1, -0.05) is 6.08 Å². The molecule has 21 heavy (non-hydrogen) atoms. The average Bonchev–Trinajstić information content (AvgIpc) is 3.10. The Labute approximate surface area is 125 Å². The van der Waals surface area contributed by atoms with E-state index in [0.717, 1.165) is 31.7 Å². The first-order valence-corrected chi connectivity index (χ1v) is 7.54.